The predicted octanol–water partition coefficient (Wildman–Crippen LogP) is 3.03. The minimum atomic E-state index is 0.584. The quantitative estimate of drug-likeness (QED) is 0.847. The summed E-state index contributed by atoms with van der Waals surface area (Å²) in [6, 6.07) is 4.07. The normalized spacial score (nSPS) is 19.7. The Kier molecular flexibility index (Phi) is 3.57. The van der Waals surface area contributed by atoms with E-state index in [1.165, 1.54) is 6.42 Å². The van der Waals surface area contributed by atoms with E-state index in [1.54, 1.807) is 11.3 Å². The number of nitrogens with one attached hydrogen (secondary N) is 1. The van der Waals surface area contributed by atoms with E-state index in [0.29, 0.717) is 5.92 Å². The van der Waals surface area contributed by atoms with Crippen LogP contribution in [0.4, 0.5) is 11.4 Å². The number of anilines is 2. The van der Waals surface area contributed by atoms with Crippen LogP contribution in [0.3, 0.4) is 0 Å². The van der Waals surface area contributed by atoms with Crippen molar-refractivity contribution in [3.8, 4) is 0 Å². The average Bonchev–Trinajstić information content (AvgIpc) is 2.76. The smallest absolute Gasteiger partial charge is 0.0907 e. The molecule has 1 atom stereocenters. The fourth-order valence-corrected chi connectivity index (χ4v) is 3.34. The van der Waals surface area contributed by atoms with Crippen LogP contribution in [0, 0.1) is 12.8 Å². The maximum absolute atomic E-state index is 6.10. The molecule has 1 aromatic carbocycles. The highest BCUT2D eigenvalue weighted by molar-refractivity contribution is 7.18. The van der Waals surface area contributed by atoms with Crippen molar-refractivity contribution in [3.05, 3.63) is 17.1 Å². The third-order valence-corrected chi connectivity index (χ3v) is 4.44. The van der Waals surface area contributed by atoms with Gasteiger partial charge in [0, 0.05) is 13.2 Å². The zero-order valence-electron chi connectivity index (χ0n) is 11.1. The van der Waals surface area contributed by atoms with Crippen LogP contribution in [0.15, 0.2) is 12.1 Å². The number of thiazole rings is 1. The van der Waals surface area contributed by atoms with Crippen molar-refractivity contribution >= 4 is 32.9 Å². The molecule has 3 rings (SSSR count). The molecule has 0 amide bonds. The topological polar surface area (TPSA) is 60.2 Å². The number of hydrogen-bond donors (Lipinski definition) is 2. The van der Waals surface area contributed by atoms with E-state index in [9.17, 15) is 0 Å². The number of benzene rings is 1. The SMILES string of the molecule is Cc1nc2cc(NCC3CCCOC3)c(N)cc2s1. The first-order chi connectivity index (χ1) is 9.22. The molecule has 1 aromatic heterocycles. The molecule has 1 unspecified atom stereocenters. The van der Waals surface area contributed by atoms with Gasteiger partial charge in [-0.3, -0.25) is 0 Å². The maximum Gasteiger partial charge on any atom is 0.0907 e. The molecule has 4 nitrogen and oxygen atoms in total. The van der Waals surface area contributed by atoms with Gasteiger partial charge in [-0.2, -0.15) is 0 Å². The highest BCUT2D eigenvalue weighted by Crippen LogP contribution is 2.30. The number of nitrogens with two attached hydrogens (primary N) is 1. The summed E-state index contributed by atoms with van der Waals surface area (Å²) in [6.07, 6.45) is 2.39. The molecule has 19 heavy (non-hydrogen) atoms. The molecule has 0 radical (unpaired) electrons. The van der Waals surface area contributed by atoms with Crippen molar-refractivity contribution in [3.63, 3.8) is 0 Å². The zero-order valence-corrected chi connectivity index (χ0v) is 11.9. The minimum Gasteiger partial charge on any atom is -0.397 e. The molecule has 1 fully saturated rings. The summed E-state index contributed by atoms with van der Waals surface area (Å²) in [5.74, 6) is 0.584. The molecule has 5 heteroatoms. The van der Waals surface area contributed by atoms with Crippen molar-refractivity contribution in [2.75, 3.05) is 30.8 Å². The summed E-state index contributed by atoms with van der Waals surface area (Å²) in [4.78, 5) is 4.51. The molecule has 1 saturated heterocycles. The van der Waals surface area contributed by atoms with E-state index >= 15 is 0 Å². The molecule has 0 aliphatic carbocycles. The number of aromatic nitrogens is 1. The van der Waals surface area contributed by atoms with Crippen LogP contribution in [0.2, 0.25) is 0 Å². The largest absolute Gasteiger partial charge is 0.397 e. The lowest BCUT2D eigenvalue weighted by molar-refractivity contribution is 0.0595. The van der Waals surface area contributed by atoms with E-state index in [-0.39, 0.29) is 0 Å². The van der Waals surface area contributed by atoms with Gasteiger partial charge in [-0.25, -0.2) is 4.98 Å². The van der Waals surface area contributed by atoms with Crippen molar-refractivity contribution < 1.29 is 4.74 Å². The van der Waals surface area contributed by atoms with Crippen molar-refractivity contribution in [2.24, 2.45) is 5.92 Å². The molecular formula is C14H19N3OS. The standard InChI is InChI=1S/C14H19N3OS/c1-9-17-13-6-12(11(15)5-14(13)19-9)16-7-10-3-2-4-18-8-10/h5-6,10,16H,2-4,7-8,15H2,1H3. The molecule has 1 aliphatic heterocycles. The van der Waals surface area contributed by atoms with Crippen LogP contribution in [0.5, 0.6) is 0 Å². The second kappa shape index (κ2) is 5.35. The number of rotatable bonds is 3. The van der Waals surface area contributed by atoms with Crippen molar-refractivity contribution in [1.29, 1.82) is 0 Å². The lowest BCUT2D eigenvalue weighted by Gasteiger charge is -2.23. The number of nitrogens with zero attached hydrogens (tertiary/aromatic N) is 1. The van der Waals surface area contributed by atoms with Gasteiger partial charge in [0.2, 0.25) is 0 Å². The molecule has 0 spiro atoms. The van der Waals surface area contributed by atoms with E-state index in [0.717, 1.165) is 52.8 Å². The van der Waals surface area contributed by atoms with Crippen LogP contribution < -0.4 is 11.1 Å². The first-order valence-electron chi connectivity index (χ1n) is 6.70. The van der Waals surface area contributed by atoms with Gasteiger partial charge in [0.15, 0.2) is 0 Å². The lowest BCUT2D eigenvalue weighted by atomic mass is 10.0. The van der Waals surface area contributed by atoms with Crippen LogP contribution in [0.25, 0.3) is 10.2 Å². The number of aryl methyl sites for hydroxylation is 1. The Morgan fingerprint density at radius 1 is 1.53 bits per heavy atom. The second-order valence-electron chi connectivity index (χ2n) is 5.10. The van der Waals surface area contributed by atoms with Crippen molar-refractivity contribution in [1.82, 2.24) is 4.98 Å². The molecule has 102 valence electrons. The van der Waals surface area contributed by atoms with Crippen LogP contribution in [-0.2, 0) is 4.74 Å². The summed E-state index contributed by atoms with van der Waals surface area (Å²) in [6.45, 7) is 4.69. The van der Waals surface area contributed by atoms with Crippen LogP contribution >= 0.6 is 11.3 Å². The van der Waals surface area contributed by atoms with Gasteiger partial charge >= 0.3 is 0 Å². The Morgan fingerprint density at radius 3 is 3.21 bits per heavy atom. The zero-order chi connectivity index (χ0) is 13.2. The van der Waals surface area contributed by atoms with Gasteiger partial charge < -0.3 is 15.8 Å². The summed E-state index contributed by atoms with van der Waals surface area (Å²) in [5, 5.41) is 4.52. The summed E-state index contributed by atoms with van der Waals surface area (Å²) in [5.41, 5.74) is 8.91. The number of ether oxygens (including phenoxy) is 1. The first kappa shape index (κ1) is 12.7. The van der Waals surface area contributed by atoms with E-state index in [4.69, 9.17) is 10.5 Å². The van der Waals surface area contributed by atoms with Gasteiger partial charge in [0.25, 0.3) is 0 Å². The van der Waals surface area contributed by atoms with Crippen molar-refractivity contribution in [2.45, 2.75) is 19.8 Å². The van der Waals surface area contributed by atoms with Gasteiger partial charge in [-0.1, -0.05) is 0 Å². The number of hydrogen-bond acceptors (Lipinski definition) is 5. The second-order valence-corrected chi connectivity index (χ2v) is 6.34. The molecule has 2 heterocycles. The Hall–Kier alpha value is -1.33. The van der Waals surface area contributed by atoms with Gasteiger partial charge in [-0.05, 0) is 37.8 Å². The molecule has 2 aromatic rings. The monoisotopic (exact) mass is 277 g/mol. The first-order valence-corrected chi connectivity index (χ1v) is 7.52. The Bertz CT molecular complexity index is 575. The van der Waals surface area contributed by atoms with Gasteiger partial charge in [-0.15, -0.1) is 11.3 Å². The summed E-state index contributed by atoms with van der Waals surface area (Å²) >= 11 is 1.68. The molecule has 0 saturated carbocycles. The Balaban J connectivity index is 1.74. The summed E-state index contributed by atoms with van der Waals surface area (Å²) < 4.78 is 6.65. The lowest BCUT2D eigenvalue weighted by Crippen LogP contribution is -2.24. The number of nitrogen functional groups attached to an aromatic ring is 1. The molecular weight excluding hydrogens is 258 g/mol. The fourth-order valence-electron chi connectivity index (χ4n) is 2.48. The fraction of sp³-hybridized carbons (Fsp3) is 0.500. The molecule has 0 bridgehead atoms. The van der Waals surface area contributed by atoms with E-state index in [1.807, 2.05) is 13.0 Å². The maximum atomic E-state index is 6.10. The predicted molar refractivity (Wildman–Crippen MR) is 80.8 cm³/mol. The van der Waals surface area contributed by atoms with Gasteiger partial charge in [0.1, 0.15) is 0 Å². The van der Waals surface area contributed by atoms with Crippen LogP contribution in [0.1, 0.15) is 17.8 Å². The van der Waals surface area contributed by atoms with Crippen LogP contribution in [-0.4, -0.2) is 24.7 Å². The third-order valence-electron chi connectivity index (χ3n) is 3.50. The minimum absolute atomic E-state index is 0.584. The summed E-state index contributed by atoms with van der Waals surface area (Å²) in [7, 11) is 0. The Morgan fingerprint density at radius 2 is 2.42 bits per heavy atom. The Labute approximate surface area is 117 Å². The molecule has 3 N–H and O–H groups in total. The highest BCUT2D eigenvalue weighted by atomic mass is 32.1. The highest BCUT2D eigenvalue weighted by Gasteiger charge is 2.14. The van der Waals surface area contributed by atoms with E-state index < -0.39 is 0 Å². The number of fused-ring (bicyclic) bond motifs is 1. The van der Waals surface area contributed by atoms with Gasteiger partial charge in [0.05, 0.1) is 33.2 Å². The average molecular weight is 277 g/mol. The molecule has 1 aliphatic rings. The van der Waals surface area contributed by atoms with E-state index in [2.05, 4.69) is 16.4 Å². The third kappa shape index (κ3) is 2.82.